The molecular weight excluding hydrogens is 516 g/mol. The molecule has 222 valence electrons. The maximum Gasteiger partial charge on any atom is 0.308 e. The monoisotopic (exact) mass is 568 g/mol. The van der Waals surface area contributed by atoms with Crippen molar-refractivity contribution in [1.82, 2.24) is 0 Å². The molecule has 40 heavy (non-hydrogen) atoms. The zero-order chi connectivity index (χ0) is 28.7. The van der Waals surface area contributed by atoms with Crippen molar-refractivity contribution in [2.24, 2.45) is 5.92 Å². The second-order valence-electron chi connectivity index (χ2n) is 11.8. The Labute approximate surface area is 244 Å². The Morgan fingerprint density at radius 2 is 1.48 bits per heavy atom. The van der Waals surface area contributed by atoms with Gasteiger partial charge in [0.25, 0.3) is 0 Å². The van der Waals surface area contributed by atoms with E-state index in [2.05, 4.69) is 74.6 Å². The fraction of sp³-hybridized carbons (Fsp3) is 0.618. The van der Waals surface area contributed by atoms with E-state index in [1.165, 1.54) is 36.4 Å². The maximum absolute atomic E-state index is 12.9. The van der Waals surface area contributed by atoms with Crippen molar-refractivity contribution in [2.45, 2.75) is 103 Å². The van der Waals surface area contributed by atoms with Crippen LogP contribution in [0.2, 0.25) is 18.6 Å². The molecule has 0 amide bonds. The second kappa shape index (κ2) is 17.1. The summed E-state index contributed by atoms with van der Waals surface area (Å²) in [6.07, 6.45) is 9.71. The summed E-state index contributed by atoms with van der Waals surface area (Å²) in [6, 6.07) is 21.1. The van der Waals surface area contributed by atoms with Gasteiger partial charge in [-0.15, -0.1) is 0 Å². The second-order valence-corrected chi connectivity index (χ2v) is 16.6. The summed E-state index contributed by atoms with van der Waals surface area (Å²) >= 11 is 0. The van der Waals surface area contributed by atoms with Crippen molar-refractivity contribution in [3.05, 3.63) is 66.2 Å². The Morgan fingerprint density at radius 1 is 0.875 bits per heavy atom. The van der Waals surface area contributed by atoms with Crippen molar-refractivity contribution >= 4 is 19.2 Å². The van der Waals surface area contributed by atoms with Crippen molar-refractivity contribution in [2.75, 3.05) is 26.4 Å². The number of ether oxygens (including phenoxy) is 4. The predicted molar refractivity (Wildman–Crippen MR) is 165 cm³/mol. The fourth-order valence-corrected chi connectivity index (χ4v) is 9.84. The van der Waals surface area contributed by atoms with Crippen LogP contribution in [0.4, 0.5) is 0 Å². The average molecular weight is 569 g/mol. The van der Waals surface area contributed by atoms with Crippen LogP contribution >= 0.6 is 0 Å². The molecule has 2 aromatic carbocycles. The number of esters is 1. The highest BCUT2D eigenvalue weighted by atomic mass is 28.3. The van der Waals surface area contributed by atoms with Crippen LogP contribution in [-0.2, 0) is 30.3 Å². The van der Waals surface area contributed by atoms with E-state index < -0.39 is 13.9 Å². The van der Waals surface area contributed by atoms with Gasteiger partial charge in [-0.05, 0) is 37.3 Å². The predicted octanol–water partition coefficient (Wildman–Crippen LogP) is 7.64. The molecule has 1 aliphatic heterocycles. The van der Waals surface area contributed by atoms with Crippen LogP contribution in [0.5, 0.6) is 0 Å². The van der Waals surface area contributed by atoms with Crippen LogP contribution in [-0.4, -0.2) is 46.3 Å². The molecule has 2 aromatic rings. The molecular formula is C34H52O5Si. The molecule has 0 aromatic heterocycles. The quantitative estimate of drug-likeness (QED) is 0.0990. The number of carbonyl (C=O) groups is 1. The minimum absolute atomic E-state index is 0.0863. The lowest BCUT2D eigenvalue weighted by Gasteiger charge is -2.38. The molecule has 0 spiro atoms. The summed E-state index contributed by atoms with van der Waals surface area (Å²) in [4.78, 5) is 12.9. The first-order valence-corrected chi connectivity index (χ1v) is 18.6. The fourth-order valence-electron chi connectivity index (χ4n) is 6.11. The first kappa shape index (κ1) is 32.5. The summed E-state index contributed by atoms with van der Waals surface area (Å²) in [5.74, 6) is -0.757. The zero-order valence-corrected chi connectivity index (χ0v) is 26.4. The largest absolute Gasteiger partial charge is 0.466 e. The lowest BCUT2D eigenvalue weighted by molar-refractivity contribution is -0.169. The van der Waals surface area contributed by atoms with E-state index in [4.69, 9.17) is 18.9 Å². The van der Waals surface area contributed by atoms with Gasteiger partial charge in [0.2, 0.25) is 0 Å². The molecule has 0 unspecified atom stereocenters. The van der Waals surface area contributed by atoms with Gasteiger partial charge in [0.05, 0.1) is 40.4 Å². The molecule has 1 saturated heterocycles. The van der Waals surface area contributed by atoms with Gasteiger partial charge in [0, 0.05) is 19.4 Å². The van der Waals surface area contributed by atoms with E-state index in [9.17, 15) is 4.79 Å². The Morgan fingerprint density at radius 3 is 2.12 bits per heavy atom. The highest BCUT2D eigenvalue weighted by molar-refractivity contribution is 6.91. The van der Waals surface area contributed by atoms with Crippen LogP contribution in [0.25, 0.3) is 0 Å². The van der Waals surface area contributed by atoms with Crippen LogP contribution < -0.4 is 5.19 Å². The van der Waals surface area contributed by atoms with E-state index in [-0.39, 0.29) is 17.4 Å². The van der Waals surface area contributed by atoms with E-state index in [0.29, 0.717) is 26.4 Å². The molecule has 0 bridgehead atoms. The van der Waals surface area contributed by atoms with Gasteiger partial charge >= 0.3 is 5.97 Å². The third-order valence-corrected chi connectivity index (χ3v) is 13.0. The molecule has 3 rings (SSSR count). The number of hydrogen-bond donors (Lipinski definition) is 0. The van der Waals surface area contributed by atoms with Gasteiger partial charge in [-0.3, -0.25) is 4.79 Å². The number of rotatable bonds is 19. The van der Waals surface area contributed by atoms with Crippen molar-refractivity contribution in [3.63, 3.8) is 0 Å². The van der Waals surface area contributed by atoms with Crippen LogP contribution in [0.3, 0.4) is 0 Å². The first-order chi connectivity index (χ1) is 19.4. The normalized spacial score (nSPS) is 16.5. The third-order valence-electron chi connectivity index (χ3n) is 8.56. The van der Waals surface area contributed by atoms with Crippen LogP contribution in [0.1, 0.15) is 77.2 Å². The van der Waals surface area contributed by atoms with Gasteiger partial charge in [0.1, 0.15) is 0 Å². The molecule has 1 heterocycles. The Bertz CT molecular complexity index is 959. The number of hydrogen-bond acceptors (Lipinski definition) is 5. The van der Waals surface area contributed by atoms with E-state index in [0.717, 1.165) is 38.7 Å². The third kappa shape index (κ3) is 10.1. The summed E-state index contributed by atoms with van der Waals surface area (Å²) in [5, 5.41) is 1.38. The molecule has 2 atom stereocenters. The van der Waals surface area contributed by atoms with Gasteiger partial charge < -0.3 is 18.9 Å². The molecule has 0 N–H and O–H groups in total. The zero-order valence-electron chi connectivity index (χ0n) is 25.4. The molecule has 5 nitrogen and oxygen atoms in total. The van der Waals surface area contributed by atoms with Crippen LogP contribution in [0, 0.1) is 5.92 Å². The van der Waals surface area contributed by atoms with Gasteiger partial charge in [-0.2, -0.15) is 0 Å². The smallest absolute Gasteiger partial charge is 0.308 e. The average Bonchev–Trinajstić information content (AvgIpc) is 3.44. The number of benzene rings is 2. The Balaban J connectivity index is 1.44. The molecule has 6 heteroatoms. The molecule has 0 radical (unpaired) electrons. The summed E-state index contributed by atoms with van der Waals surface area (Å²) in [7, 11) is -1.97. The lowest BCUT2D eigenvalue weighted by Crippen LogP contribution is -2.50. The van der Waals surface area contributed by atoms with E-state index in [1.807, 2.05) is 13.0 Å². The van der Waals surface area contributed by atoms with Gasteiger partial charge in [-0.25, -0.2) is 0 Å². The van der Waals surface area contributed by atoms with Gasteiger partial charge in [0.15, 0.2) is 5.79 Å². The minimum atomic E-state index is -1.97. The SMILES string of the molecule is CCOC(=O)[C@@H](C)[C@H](CCC1(CCCCCCCCOCc2ccccc2)OCCO1)[Si](C)(C)c1ccccc1. The summed E-state index contributed by atoms with van der Waals surface area (Å²) in [6.45, 7) is 12.0. The van der Waals surface area contributed by atoms with Crippen molar-refractivity contribution < 1.29 is 23.7 Å². The van der Waals surface area contributed by atoms with E-state index in [1.54, 1.807) is 0 Å². The number of unbranched alkanes of at least 4 members (excludes halogenated alkanes) is 5. The standard InChI is InChI=1S/C34H52O5Si/c1-5-37-33(35)29(2)32(40(3,4)31-20-14-11-15-21-31)22-24-34(38-26-27-39-34)23-16-8-6-7-9-17-25-36-28-30-18-12-10-13-19-30/h10-15,18-21,29,32H,5-9,16-17,22-28H2,1-4H3/t29-,32-/m0/s1. The Kier molecular flexibility index (Phi) is 13.9. The highest BCUT2D eigenvalue weighted by Gasteiger charge is 2.43. The summed E-state index contributed by atoms with van der Waals surface area (Å²) < 4.78 is 23.8. The molecule has 1 fully saturated rings. The molecule has 0 aliphatic carbocycles. The lowest BCUT2D eigenvalue weighted by atomic mass is 9.96. The molecule has 1 aliphatic rings. The molecule has 0 saturated carbocycles. The maximum atomic E-state index is 12.9. The highest BCUT2D eigenvalue weighted by Crippen LogP contribution is 2.40. The van der Waals surface area contributed by atoms with Crippen LogP contribution in [0.15, 0.2) is 60.7 Å². The number of carbonyl (C=O) groups excluding carboxylic acids is 1. The first-order valence-electron chi connectivity index (χ1n) is 15.5. The van der Waals surface area contributed by atoms with Gasteiger partial charge in [-0.1, -0.05) is 112 Å². The van der Waals surface area contributed by atoms with E-state index >= 15 is 0 Å². The van der Waals surface area contributed by atoms with Crippen molar-refractivity contribution in [1.29, 1.82) is 0 Å². The summed E-state index contributed by atoms with van der Waals surface area (Å²) in [5.41, 5.74) is 1.48. The Hall–Kier alpha value is -1.99. The topological polar surface area (TPSA) is 54.0 Å². The minimum Gasteiger partial charge on any atom is -0.466 e. The van der Waals surface area contributed by atoms with Crippen molar-refractivity contribution in [3.8, 4) is 0 Å².